The average molecular weight is 847 g/mol. The van der Waals surface area contributed by atoms with Crippen molar-refractivity contribution >= 4 is 58.3 Å². The molecule has 4 amide bonds. The summed E-state index contributed by atoms with van der Waals surface area (Å²) in [5, 5.41) is 10.9. The Morgan fingerprint density at radius 2 is 1.85 bits per heavy atom. The van der Waals surface area contributed by atoms with Crippen molar-refractivity contribution in [2.24, 2.45) is 0 Å². The smallest absolute Gasteiger partial charge is 0.255 e. The molecule has 0 bridgehead atoms. The van der Waals surface area contributed by atoms with Crippen LogP contribution in [0.1, 0.15) is 72.5 Å². The minimum atomic E-state index is -0.637. The lowest BCUT2D eigenvalue weighted by Crippen LogP contribution is -2.54. The Bertz CT molecular complexity index is 2260. The molecule has 4 aromatic rings. The molecule has 0 radical (unpaired) electrons. The average Bonchev–Trinajstić information content (AvgIpc) is 3.84. The highest BCUT2D eigenvalue weighted by Gasteiger charge is 2.40. The molecule has 6 heterocycles. The van der Waals surface area contributed by atoms with Crippen LogP contribution < -0.4 is 21.1 Å². The fourth-order valence-electron chi connectivity index (χ4n) is 8.41. The second-order valence-electron chi connectivity index (χ2n) is 15.6. The Morgan fingerprint density at radius 3 is 2.64 bits per heavy atom. The molecule has 0 saturated carbocycles. The summed E-state index contributed by atoms with van der Waals surface area (Å²) in [4.78, 5) is 60.6. The molecule has 0 aliphatic carbocycles. The van der Waals surface area contributed by atoms with Gasteiger partial charge in [0.15, 0.2) is 11.6 Å². The number of halogens is 3. The van der Waals surface area contributed by atoms with Crippen LogP contribution >= 0.6 is 23.2 Å². The van der Waals surface area contributed by atoms with Gasteiger partial charge in [0.1, 0.15) is 11.9 Å². The van der Waals surface area contributed by atoms with Gasteiger partial charge in [-0.1, -0.05) is 29.3 Å². The van der Waals surface area contributed by atoms with Gasteiger partial charge in [-0.05, 0) is 74.5 Å². The van der Waals surface area contributed by atoms with Crippen LogP contribution in [0.2, 0.25) is 10.0 Å². The molecule has 310 valence electrons. The first-order valence-corrected chi connectivity index (χ1v) is 20.9. The minimum Gasteiger partial charge on any atom is -0.489 e. The van der Waals surface area contributed by atoms with Gasteiger partial charge in [0.2, 0.25) is 17.7 Å². The van der Waals surface area contributed by atoms with Crippen LogP contribution in [0.3, 0.4) is 0 Å². The Kier molecular flexibility index (Phi) is 12.0. The number of aromatic nitrogens is 3. The van der Waals surface area contributed by atoms with Crippen LogP contribution in [0.15, 0.2) is 55.0 Å². The van der Waals surface area contributed by atoms with E-state index in [0.717, 1.165) is 67.7 Å². The standard InChI is InChI=1S/C42H46Cl2FN9O5/c43-32-7-8-33(45)39(44)30(32)13-17-59-36-18-25(19-47-40(36)46)26-20-48-54(21-26)28-11-15-52(16-12-28)38(56)6-1-2-14-51-22-27(23-51)49-34-5-3-4-29-31(34)24-53(42(29)58)35-9-10-37(55)50-41(35)57/h3-5,7-8,18-21,27-28,35,49H,1-2,6,9-17,22-24H2,(H2,46,47)(H,50,55,57)/t35-/m1/s1. The van der Waals surface area contributed by atoms with Crippen LogP contribution in [0.5, 0.6) is 5.75 Å². The summed E-state index contributed by atoms with van der Waals surface area (Å²) in [6.45, 7) is 4.53. The maximum absolute atomic E-state index is 13.9. The van der Waals surface area contributed by atoms with E-state index in [1.165, 1.54) is 12.1 Å². The van der Waals surface area contributed by atoms with Gasteiger partial charge in [-0.2, -0.15) is 5.10 Å². The highest BCUT2D eigenvalue weighted by atomic mass is 35.5. The Hall–Kier alpha value is -5.25. The first kappa shape index (κ1) is 40.5. The summed E-state index contributed by atoms with van der Waals surface area (Å²) in [6, 6.07) is 9.91. The fraction of sp³-hybridized carbons (Fsp3) is 0.429. The predicted molar refractivity (Wildman–Crippen MR) is 221 cm³/mol. The molecule has 4 aliphatic rings. The van der Waals surface area contributed by atoms with Gasteiger partial charge in [0, 0.05) is 97.3 Å². The van der Waals surface area contributed by atoms with Crippen molar-refractivity contribution in [2.45, 2.75) is 76.0 Å². The van der Waals surface area contributed by atoms with Gasteiger partial charge in [-0.15, -0.1) is 0 Å². The van der Waals surface area contributed by atoms with E-state index in [4.69, 9.17) is 33.7 Å². The molecule has 14 nitrogen and oxygen atoms in total. The molecule has 3 fully saturated rings. The number of hydrogen-bond donors (Lipinski definition) is 3. The zero-order valence-electron chi connectivity index (χ0n) is 32.5. The van der Waals surface area contributed by atoms with Crippen LogP contribution in [-0.4, -0.2) is 105 Å². The van der Waals surface area contributed by atoms with E-state index in [1.807, 2.05) is 27.9 Å². The van der Waals surface area contributed by atoms with Crippen molar-refractivity contribution in [3.05, 3.63) is 87.5 Å². The summed E-state index contributed by atoms with van der Waals surface area (Å²) in [7, 11) is 0. The number of hydrogen-bond acceptors (Lipinski definition) is 10. The van der Waals surface area contributed by atoms with Crippen LogP contribution in [0, 0.1) is 5.82 Å². The lowest BCUT2D eigenvalue weighted by atomic mass is 10.0. The minimum absolute atomic E-state index is 0.0232. The molecule has 0 spiro atoms. The van der Waals surface area contributed by atoms with Crippen molar-refractivity contribution in [3.63, 3.8) is 0 Å². The van der Waals surface area contributed by atoms with E-state index in [9.17, 15) is 23.6 Å². The third kappa shape index (κ3) is 8.87. The number of piperidine rings is 2. The first-order valence-electron chi connectivity index (χ1n) is 20.1. The molecule has 2 aromatic carbocycles. The van der Waals surface area contributed by atoms with Crippen molar-refractivity contribution < 1.29 is 28.3 Å². The summed E-state index contributed by atoms with van der Waals surface area (Å²) in [5.74, 6) is -0.614. The number of nitrogen functional groups attached to an aromatic ring is 1. The number of nitrogens with one attached hydrogen (secondary N) is 2. The highest BCUT2D eigenvalue weighted by Crippen LogP contribution is 2.34. The number of ether oxygens (including phenoxy) is 1. The number of benzene rings is 2. The highest BCUT2D eigenvalue weighted by molar-refractivity contribution is 6.36. The summed E-state index contributed by atoms with van der Waals surface area (Å²) >= 11 is 12.3. The van der Waals surface area contributed by atoms with E-state index < -0.39 is 17.8 Å². The number of amides is 4. The molecule has 0 unspecified atom stereocenters. The molecule has 17 heteroatoms. The Labute approximate surface area is 351 Å². The molecule has 4 aliphatic heterocycles. The van der Waals surface area contributed by atoms with Crippen molar-refractivity contribution in [3.8, 4) is 16.9 Å². The van der Waals surface area contributed by atoms with Crippen molar-refractivity contribution in [1.82, 2.24) is 34.8 Å². The van der Waals surface area contributed by atoms with E-state index >= 15 is 0 Å². The normalized spacial score (nSPS) is 18.8. The molecule has 59 heavy (non-hydrogen) atoms. The number of carbonyl (C=O) groups is 4. The lowest BCUT2D eigenvalue weighted by Gasteiger charge is -2.40. The van der Waals surface area contributed by atoms with Gasteiger partial charge in [-0.3, -0.25) is 34.1 Å². The number of imide groups is 1. The van der Waals surface area contributed by atoms with Crippen LogP contribution in [0.25, 0.3) is 11.1 Å². The number of pyridine rings is 1. The number of anilines is 2. The van der Waals surface area contributed by atoms with E-state index in [-0.39, 0.29) is 60.1 Å². The van der Waals surface area contributed by atoms with Gasteiger partial charge in [-0.25, -0.2) is 9.37 Å². The van der Waals surface area contributed by atoms with Crippen LogP contribution in [-0.2, 0) is 27.3 Å². The van der Waals surface area contributed by atoms with Gasteiger partial charge < -0.3 is 25.6 Å². The van der Waals surface area contributed by atoms with E-state index in [2.05, 4.69) is 25.6 Å². The van der Waals surface area contributed by atoms with Gasteiger partial charge in [0.05, 0.1) is 29.9 Å². The fourth-order valence-corrected chi connectivity index (χ4v) is 8.97. The number of carbonyl (C=O) groups excluding carboxylic acids is 4. The van der Waals surface area contributed by atoms with Crippen LogP contribution in [0.4, 0.5) is 15.9 Å². The topological polar surface area (TPSA) is 168 Å². The second-order valence-corrected chi connectivity index (χ2v) is 16.4. The SMILES string of the molecule is Nc1ncc(-c2cnn(C3CCN(C(=O)CCCCN4CC(Nc5cccc6c5CN([C@@H]5CCC(=O)NC5=O)C6=O)C4)CC3)c2)cc1OCCc1c(Cl)ccc(F)c1Cl. The van der Waals surface area contributed by atoms with Gasteiger partial charge in [0.25, 0.3) is 5.91 Å². The summed E-state index contributed by atoms with van der Waals surface area (Å²) in [5.41, 5.74) is 10.6. The zero-order valence-corrected chi connectivity index (χ0v) is 34.0. The number of nitrogens with zero attached hydrogens (tertiary/aromatic N) is 6. The number of rotatable bonds is 14. The maximum atomic E-state index is 13.9. The third-order valence-electron chi connectivity index (χ3n) is 11.8. The molecule has 8 rings (SSSR count). The molecule has 3 saturated heterocycles. The Balaban J connectivity index is 0.736. The Morgan fingerprint density at radius 1 is 1.03 bits per heavy atom. The third-order valence-corrected chi connectivity index (χ3v) is 12.5. The molecular formula is C42H46Cl2FN9O5. The monoisotopic (exact) mass is 845 g/mol. The molecule has 2 aromatic heterocycles. The number of nitrogens with two attached hydrogens (primary N) is 1. The first-order chi connectivity index (χ1) is 28.5. The molecular weight excluding hydrogens is 800 g/mol. The molecule has 4 N–H and O–H groups in total. The van der Waals surface area contributed by atoms with Crippen molar-refractivity contribution in [1.29, 1.82) is 0 Å². The quantitative estimate of drug-likeness (QED) is 0.0840. The van der Waals surface area contributed by atoms with E-state index in [0.29, 0.717) is 54.4 Å². The number of likely N-dealkylation sites (tertiary alicyclic amines) is 2. The largest absolute Gasteiger partial charge is 0.489 e. The van der Waals surface area contributed by atoms with Crippen molar-refractivity contribution in [2.75, 3.05) is 50.4 Å². The number of fused-ring (bicyclic) bond motifs is 1. The lowest BCUT2D eigenvalue weighted by molar-refractivity contribution is -0.137. The maximum Gasteiger partial charge on any atom is 0.255 e. The zero-order chi connectivity index (χ0) is 41.2. The summed E-state index contributed by atoms with van der Waals surface area (Å²) in [6.07, 6.45) is 10.2. The van der Waals surface area contributed by atoms with E-state index in [1.54, 1.807) is 29.4 Å². The number of unbranched alkanes of at least 4 members (excludes halogenated alkanes) is 1. The predicted octanol–water partition coefficient (Wildman–Crippen LogP) is 5.49. The van der Waals surface area contributed by atoms with Gasteiger partial charge >= 0.3 is 0 Å². The molecule has 1 atom stereocenters. The summed E-state index contributed by atoms with van der Waals surface area (Å²) < 4.78 is 21.8. The second kappa shape index (κ2) is 17.5.